The molecule has 7 nitrogen and oxygen atoms in total. The molecule has 1 fully saturated rings. The van der Waals surface area contributed by atoms with Gasteiger partial charge in [-0.1, -0.05) is 37.6 Å². The van der Waals surface area contributed by atoms with E-state index in [1.807, 2.05) is 18.7 Å². The lowest BCUT2D eigenvalue weighted by Crippen LogP contribution is -2.36. The van der Waals surface area contributed by atoms with Crippen molar-refractivity contribution >= 4 is 40.7 Å². The molecule has 1 heterocycles. The molecule has 0 aliphatic carbocycles. The Balaban J connectivity index is 1.67. The number of anilines is 2. The van der Waals surface area contributed by atoms with Crippen LogP contribution < -0.4 is 16.0 Å². The Labute approximate surface area is 199 Å². The summed E-state index contributed by atoms with van der Waals surface area (Å²) in [6, 6.07) is 11.9. The van der Waals surface area contributed by atoms with Crippen molar-refractivity contribution in [1.29, 1.82) is 0 Å². The maximum Gasteiger partial charge on any atom is 0.255 e. The van der Waals surface area contributed by atoms with Crippen LogP contribution in [0.2, 0.25) is 5.02 Å². The first-order valence-electron chi connectivity index (χ1n) is 11.3. The fourth-order valence-electron chi connectivity index (χ4n) is 3.67. The summed E-state index contributed by atoms with van der Waals surface area (Å²) >= 11 is 6.15. The van der Waals surface area contributed by atoms with Crippen LogP contribution in [0.3, 0.4) is 0 Å². The van der Waals surface area contributed by atoms with Crippen LogP contribution in [0.4, 0.5) is 11.4 Å². The number of nitrogens with one attached hydrogen (secondary N) is 3. The number of hydrogen-bond acceptors (Lipinski definition) is 4. The molecule has 3 rings (SSSR count). The summed E-state index contributed by atoms with van der Waals surface area (Å²) in [7, 11) is 0. The predicted molar refractivity (Wildman–Crippen MR) is 132 cm³/mol. The van der Waals surface area contributed by atoms with Crippen LogP contribution in [0.5, 0.6) is 0 Å². The van der Waals surface area contributed by atoms with E-state index in [1.165, 1.54) is 0 Å². The minimum absolute atomic E-state index is 0.0681. The molecule has 0 aromatic heterocycles. The van der Waals surface area contributed by atoms with Crippen molar-refractivity contribution in [3.05, 3.63) is 58.6 Å². The largest absolute Gasteiger partial charge is 0.375 e. The molecule has 1 saturated heterocycles. The minimum Gasteiger partial charge on any atom is -0.375 e. The number of para-hydroxylation sites is 1. The lowest BCUT2D eigenvalue weighted by atomic mass is 10.1. The van der Waals surface area contributed by atoms with Gasteiger partial charge in [0.25, 0.3) is 11.8 Å². The molecule has 176 valence electrons. The molecule has 0 spiro atoms. The summed E-state index contributed by atoms with van der Waals surface area (Å²) in [5, 5.41) is 9.16. The van der Waals surface area contributed by atoms with E-state index in [2.05, 4.69) is 16.0 Å². The Kier molecular flexibility index (Phi) is 8.72. The molecule has 0 bridgehead atoms. The molecule has 0 saturated carbocycles. The van der Waals surface area contributed by atoms with E-state index >= 15 is 0 Å². The highest BCUT2D eigenvalue weighted by Gasteiger charge is 2.21. The van der Waals surface area contributed by atoms with Crippen LogP contribution in [-0.2, 0) is 4.79 Å². The van der Waals surface area contributed by atoms with E-state index in [1.54, 1.807) is 42.5 Å². The van der Waals surface area contributed by atoms with Gasteiger partial charge in [-0.15, -0.1) is 0 Å². The molecular weight excluding hydrogens is 440 g/mol. The molecule has 8 heteroatoms. The van der Waals surface area contributed by atoms with Gasteiger partial charge in [-0.25, -0.2) is 0 Å². The summed E-state index contributed by atoms with van der Waals surface area (Å²) in [6.45, 7) is 5.96. The second-order valence-electron chi connectivity index (χ2n) is 8.59. The maximum absolute atomic E-state index is 13.0. The van der Waals surface area contributed by atoms with Crippen molar-refractivity contribution in [3.63, 3.8) is 0 Å². The molecule has 33 heavy (non-hydrogen) atoms. The van der Waals surface area contributed by atoms with Crippen molar-refractivity contribution < 1.29 is 14.4 Å². The zero-order valence-corrected chi connectivity index (χ0v) is 19.9. The molecule has 0 radical (unpaired) electrons. The number of piperidine rings is 1. The third-order valence-corrected chi connectivity index (χ3v) is 5.65. The number of amides is 3. The molecule has 1 aliphatic heterocycles. The van der Waals surface area contributed by atoms with Gasteiger partial charge in [0.05, 0.1) is 23.4 Å². The summed E-state index contributed by atoms with van der Waals surface area (Å²) in [6.07, 6.45) is 3.12. The topological polar surface area (TPSA) is 90.5 Å². The van der Waals surface area contributed by atoms with Crippen LogP contribution in [0, 0.1) is 5.92 Å². The number of carbonyl (C=O) groups excluding carboxylic acids is 3. The Morgan fingerprint density at radius 1 is 0.970 bits per heavy atom. The molecular formula is C25H31ClN4O3. The fourth-order valence-corrected chi connectivity index (χ4v) is 3.84. The molecule has 0 unspecified atom stereocenters. The molecule has 2 aromatic carbocycles. The van der Waals surface area contributed by atoms with Crippen LogP contribution in [0.1, 0.15) is 53.8 Å². The van der Waals surface area contributed by atoms with Gasteiger partial charge in [-0.3, -0.25) is 14.4 Å². The molecule has 3 amide bonds. The van der Waals surface area contributed by atoms with E-state index in [0.29, 0.717) is 40.0 Å². The number of halogens is 1. The van der Waals surface area contributed by atoms with Crippen LogP contribution in [-0.4, -0.2) is 48.8 Å². The highest BCUT2D eigenvalue weighted by atomic mass is 35.5. The Morgan fingerprint density at radius 2 is 1.70 bits per heavy atom. The average Bonchev–Trinajstić information content (AvgIpc) is 2.81. The third kappa shape index (κ3) is 6.96. The van der Waals surface area contributed by atoms with Gasteiger partial charge < -0.3 is 20.9 Å². The lowest BCUT2D eigenvalue weighted by molar-refractivity contribution is -0.114. The zero-order chi connectivity index (χ0) is 23.8. The van der Waals surface area contributed by atoms with Crippen LogP contribution in [0.15, 0.2) is 42.5 Å². The molecule has 3 N–H and O–H groups in total. The van der Waals surface area contributed by atoms with Gasteiger partial charge in [-0.05, 0) is 55.5 Å². The highest BCUT2D eigenvalue weighted by molar-refractivity contribution is 6.31. The summed E-state index contributed by atoms with van der Waals surface area (Å²) in [5.74, 6) is -0.326. The van der Waals surface area contributed by atoms with E-state index in [9.17, 15) is 14.4 Å². The van der Waals surface area contributed by atoms with Crippen LogP contribution >= 0.6 is 11.6 Å². The smallest absolute Gasteiger partial charge is 0.255 e. The second kappa shape index (κ2) is 11.7. The predicted octanol–water partition coefficient (Wildman–Crippen LogP) is 4.40. The van der Waals surface area contributed by atoms with Gasteiger partial charge in [0, 0.05) is 30.3 Å². The molecule has 0 atom stereocenters. The monoisotopic (exact) mass is 470 g/mol. The second-order valence-corrected chi connectivity index (χ2v) is 9.03. The van der Waals surface area contributed by atoms with Gasteiger partial charge in [-0.2, -0.15) is 0 Å². The Morgan fingerprint density at radius 3 is 2.42 bits per heavy atom. The van der Waals surface area contributed by atoms with Gasteiger partial charge >= 0.3 is 0 Å². The molecule has 2 aromatic rings. The molecule has 1 aliphatic rings. The van der Waals surface area contributed by atoms with Gasteiger partial charge in [0.1, 0.15) is 0 Å². The van der Waals surface area contributed by atoms with Crippen molar-refractivity contribution in [3.8, 4) is 0 Å². The van der Waals surface area contributed by atoms with E-state index in [-0.39, 0.29) is 24.3 Å². The zero-order valence-electron chi connectivity index (χ0n) is 19.1. The van der Waals surface area contributed by atoms with E-state index in [0.717, 1.165) is 32.4 Å². The van der Waals surface area contributed by atoms with Gasteiger partial charge in [0.15, 0.2) is 0 Å². The minimum atomic E-state index is -0.338. The highest BCUT2D eigenvalue weighted by Crippen LogP contribution is 2.24. The van der Waals surface area contributed by atoms with Gasteiger partial charge in [0.2, 0.25) is 5.91 Å². The number of nitrogens with zero attached hydrogens (tertiary/aromatic N) is 1. The first kappa shape index (κ1) is 24.6. The quantitative estimate of drug-likeness (QED) is 0.533. The van der Waals surface area contributed by atoms with Crippen LogP contribution in [0.25, 0.3) is 0 Å². The summed E-state index contributed by atoms with van der Waals surface area (Å²) < 4.78 is 0. The van der Waals surface area contributed by atoms with Crippen molar-refractivity contribution in [2.24, 2.45) is 5.92 Å². The summed E-state index contributed by atoms with van der Waals surface area (Å²) in [4.78, 5) is 40.0. The Bertz CT molecular complexity index is 1000. The number of hydrogen-bond donors (Lipinski definition) is 3. The number of carbonyl (C=O) groups is 3. The summed E-state index contributed by atoms with van der Waals surface area (Å²) in [5.41, 5.74) is 1.83. The average molecular weight is 471 g/mol. The first-order valence-corrected chi connectivity index (χ1v) is 11.7. The number of benzene rings is 2. The first-order chi connectivity index (χ1) is 15.8. The fraction of sp³-hybridized carbons (Fsp3) is 0.400. The third-order valence-electron chi connectivity index (χ3n) is 5.41. The van der Waals surface area contributed by atoms with Crippen molar-refractivity contribution in [2.75, 3.05) is 36.8 Å². The number of likely N-dealkylation sites (tertiary alicyclic amines) is 1. The lowest BCUT2D eigenvalue weighted by Gasteiger charge is -2.27. The Hall–Kier alpha value is -3.06. The number of rotatable bonds is 8. The standard InChI is InChI=1S/C25H31ClN4O3/c1-17(2)15-28-24(32)19-8-4-5-9-21(19)29-23(31)16-27-22-14-18(26)10-11-20(22)25(33)30-12-6-3-7-13-30/h4-5,8-11,14,17,27H,3,6-7,12-13,15-16H2,1-2H3,(H,28,32)(H,29,31). The van der Waals surface area contributed by atoms with Crippen molar-refractivity contribution in [1.82, 2.24) is 10.2 Å². The van der Waals surface area contributed by atoms with E-state index in [4.69, 9.17) is 11.6 Å². The SMILES string of the molecule is CC(C)CNC(=O)c1ccccc1NC(=O)CNc1cc(Cl)ccc1C(=O)N1CCCCC1. The van der Waals surface area contributed by atoms with Crippen molar-refractivity contribution in [2.45, 2.75) is 33.1 Å². The normalized spacial score (nSPS) is 13.5. The maximum atomic E-state index is 13.0. The van der Waals surface area contributed by atoms with E-state index < -0.39 is 0 Å².